The summed E-state index contributed by atoms with van der Waals surface area (Å²) in [6, 6.07) is 33.5. The zero-order valence-electron chi connectivity index (χ0n) is 24.5. The molecule has 3 aromatic carbocycles. The van der Waals surface area contributed by atoms with Crippen LogP contribution >= 0.6 is 0 Å². The van der Waals surface area contributed by atoms with Gasteiger partial charge in [0.1, 0.15) is 11.2 Å². The van der Waals surface area contributed by atoms with Crippen LogP contribution in [0.2, 0.25) is 0 Å². The first kappa shape index (κ1) is 27.3. The highest BCUT2D eigenvalue weighted by Crippen LogP contribution is 2.51. The minimum absolute atomic E-state index is 0.0817. The number of pyridine rings is 2. The Hall–Kier alpha value is -4.55. The van der Waals surface area contributed by atoms with Crippen LogP contribution in [0.5, 0.6) is 0 Å². The van der Waals surface area contributed by atoms with Crippen LogP contribution in [0.1, 0.15) is 36.0 Å². The van der Waals surface area contributed by atoms with Crippen LogP contribution in [-0.4, -0.2) is 53.5 Å². The van der Waals surface area contributed by atoms with Gasteiger partial charge in [-0.3, -0.25) is 14.7 Å². The third-order valence-corrected chi connectivity index (χ3v) is 9.21. The Morgan fingerprint density at radius 3 is 2.16 bits per heavy atom. The van der Waals surface area contributed by atoms with Crippen molar-refractivity contribution in [2.45, 2.75) is 31.2 Å². The zero-order chi connectivity index (χ0) is 29.1. The maximum Gasteiger partial charge on any atom is 0.235 e. The second kappa shape index (κ2) is 12.0. The van der Waals surface area contributed by atoms with Crippen LogP contribution in [0.3, 0.4) is 0 Å². The number of fused-ring (bicyclic) bond motifs is 4. The van der Waals surface area contributed by atoms with Crippen LogP contribution in [0.15, 0.2) is 109 Å². The molecule has 0 atom stereocenters. The number of piperazine rings is 1. The predicted octanol–water partition coefficient (Wildman–Crippen LogP) is 6.21. The molecule has 1 saturated heterocycles. The summed E-state index contributed by atoms with van der Waals surface area (Å²) in [7, 11) is 0. The van der Waals surface area contributed by atoms with Crippen LogP contribution in [0.25, 0.3) is 22.0 Å². The Morgan fingerprint density at radius 2 is 1.42 bits per heavy atom. The highest BCUT2D eigenvalue weighted by Gasteiger charge is 2.48. The van der Waals surface area contributed by atoms with Gasteiger partial charge in [-0.25, -0.2) is 4.98 Å². The lowest BCUT2D eigenvalue weighted by atomic mass is 9.73. The second-order valence-electron chi connectivity index (χ2n) is 11.7. The predicted molar refractivity (Wildman–Crippen MR) is 173 cm³/mol. The van der Waals surface area contributed by atoms with Gasteiger partial charge >= 0.3 is 0 Å². The van der Waals surface area contributed by atoms with Crippen LogP contribution in [-0.2, 0) is 16.8 Å². The molecule has 2 aliphatic rings. The number of unbranched alkanes of at least 4 members (excludes halogenated alkanes) is 1. The van der Waals surface area contributed by atoms with Crippen molar-refractivity contribution in [3.63, 3.8) is 0 Å². The quantitative estimate of drug-likeness (QED) is 0.215. The van der Waals surface area contributed by atoms with E-state index in [2.05, 4.69) is 105 Å². The maximum atomic E-state index is 14.3. The first-order chi connectivity index (χ1) is 21.2. The van der Waals surface area contributed by atoms with Crippen molar-refractivity contribution in [2.24, 2.45) is 0 Å². The molecule has 216 valence electrons. The fourth-order valence-corrected chi connectivity index (χ4v) is 6.94. The van der Waals surface area contributed by atoms with Crippen molar-refractivity contribution in [2.75, 3.05) is 37.6 Å². The molecule has 1 aliphatic carbocycles. The van der Waals surface area contributed by atoms with Gasteiger partial charge < -0.3 is 10.2 Å². The largest absolute Gasteiger partial charge is 0.354 e. The molecule has 1 aliphatic heterocycles. The van der Waals surface area contributed by atoms with Crippen molar-refractivity contribution in [3.05, 3.63) is 126 Å². The Kier molecular flexibility index (Phi) is 7.60. The van der Waals surface area contributed by atoms with Crippen LogP contribution < -0.4 is 10.2 Å². The van der Waals surface area contributed by atoms with E-state index >= 15 is 0 Å². The topological polar surface area (TPSA) is 61.4 Å². The van der Waals surface area contributed by atoms with E-state index in [9.17, 15) is 4.79 Å². The lowest BCUT2D eigenvalue weighted by molar-refractivity contribution is -0.125. The normalized spacial score (nSPS) is 15.7. The number of amides is 1. The smallest absolute Gasteiger partial charge is 0.235 e. The Morgan fingerprint density at radius 1 is 0.744 bits per heavy atom. The number of rotatable bonds is 9. The van der Waals surface area contributed by atoms with Gasteiger partial charge in [-0.2, -0.15) is 0 Å². The summed E-state index contributed by atoms with van der Waals surface area (Å²) >= 11 is 0. The molecule has 1 N–H and O–H groups in total. The molecule has 0 unspecified atom stereocenters. The fraction of sp³-hybridized carbons (Fsp3) is 0.270. The Labute approximate surface area is 253 Å². The molecule has 1 fully saturated rings. The monoisotopic (exact) mass is 567 g/mol. The van der Waals surface area contributed by atoms with E-state index in [0.717, 1.165) is 80.0 Å². The number of anilines is 1. The number of nitrogens with one attached hydrogen (secondary N) is 1. The molecule has 43 heavy (non-hydrogen) atoms. The van der Waals surface area contributed by atoms with E-state index in [4.69, 9.17) is 4.98 Å². The van der Waals surface area contributed by atoms with Crippen molar-refractivity contribution in [3.8, 4) is 11.1 Å². The number of carbonyl (C=O) groups excluding carboxylic acids is 1. The Bertz CT molecular complexity index is 1680. The first-order valence-corrected chi connectivity index (χ1v) is 15.4. The van der Waals surface area contributed by atoms with Crippen molar-refractivity contribution >= 4 is 22.6 Å². The molecular weight excluding hydrogens is 530 g/mol. The highest BCUT2D eigenvalue weighted by atomic mass is 16.2. The van der Waals surface area contributed by atoms with Gasteiger partial charge in [-0.05, 0) is 77.5 Å². The lowest BCUT2D eigenvalue weighted by Crippen LogP contribution is -2.47. The van der Waals surface area contributed by atoms with Crippen molar-refractivity contribution < 1.29 is 4.79 Å². The molecule has 7 rings (SSSR count). The number of hydrogen-bond donors (Lipinski definition) is 1. The van der Waals surface area contributed by atoms with Gasteiger partial charge in [-0.15, -0.1) is 0 Å². The molecule has 0 bridgehead atoms. The number of nitrogens with zero attached hydrogens (tertiary/aromatic N) is 4. The fourth-order valence-electron chi connectivity index (χ4n) is 6.94. The molecule has 5 aromatic rings. The van der Waals surface area contributed by atoms with E-state index in [1.54, 1.807) is 12.4 Å². The number of benzene rings is 3. The summed E-state index contributed by atoms with van der Waals surface area (Å²) in [5, 5.41) is 4.48. The number of carbonyl (C=O) groups is 1. The van der Waals surface area contributed by atoms with E-state index < -0.39 is 5.41 Å². The summed E-state index contributed by atoms with van der Waals surface area (Å²) < 4.78 is 0. The molecule has 0 spiro atoms. The van der Waals surface area contributed by atoms with E-state index in [1.807, 2.05) is 12.1 Å². The lowest BCUT2D eigenvalue weighted by Gasteiger charge is -2.36. The minimum atomic E-state index is -0.694. The zero-order valence-corrected chi connectivity index (χ0v) is 24.5. The van der Waals surface area contributed by atoms with Gasteiger partial charge in [0.05, 0.1) is 5.52 Å². The summed E-state index contributed by atoms with van der Waals surface area (Å²) in [6.45, 7) is 5.54. The molecular formula is C37H37N5O. The highest BCUT2D eigenvalue weighted by molar-refractivity contribution is 6.00. The summed E-state index contributed by atoms with van der Waals surface area (Å²) in [4.78, 5) is 28.3. The van der Waals surface area contributed by atoms with E-state index in [-0.39, 0.29) is 5.91 Å². The average molecular weight is 568 g/mol. The third-order valence-electron chi connectivity index (χ3n) is 9.21. The average Bonchev–Trinajstić information content (AvgIpc) is 3.37. The number of para-hydroxylation sites is 1. The second-order valence-corrected chi connectivity index (χ2v) is 11.7. The van der Waals surface area contributed by atoms with Gasteiger partial charge in [-0.1, -0.05) is 73.2 Å². The SMILES string of the molecule is O=C(NCc1ccncc1)C1(CCCCN2CCN(c3ccc4ccccc4n3)CC2)c2ccccc2-c2ccccc21. The van der Waals surface area contributed by atoms with Crippen LogP contribution in [0.4, 0.5) is 5.82 Å². The van der Waals surface area contributed by atoms with Crippen molar-refractivity contribution in [1.29, 1.82) is 0 Å². The van der Waals surface area contributed by atoms with Gasteiger partial charge in [0, 0.05) is 50.5 Å². The molecule has 0 saturated carbocycles. The van der Waals surface area contributed by atoms with Crippen molar-refractivity contribution in [1.82, 2.24) is 20.2 Å². The van der Waals surface area contributed by atoms with Gasteiger partial charge in [0.25, 0.3) is 0 Å². The molecule has 2 aromatic heterocycles. The molecule has 3 heterocycles. The van der Waals surface area contributed by atoms with Crippen LogP contribution in [0, 0.1) is 0 Å². The molecule has 0 radical (unpaired) electrons. The first-order valence-electron chi connectivity index (χ1n) is 15.4. The Balaban J connectivity index is 1.02. The summed E-state index contributed by atoms with van der Waals surface area (Å²) in [5.41, 5.74) is 6.01. The maximum absolute atomic E-state index is 14.3. The third kappa shape index (κ3) is 5.28. The molecule has 1 amide bonds. The molecule has 6 heteroatoms. The van der Waals surface area contributed by atoms with E-state index in [1.165, 1.54) is 16.5 Å². The number of aromatic nitrogens is 2. The minimum Gasteiger partial charge on any atom is -0.354 e. The standard InChI is InChI=1S/C37H37N5O/c43-36(39-27-28-17-20-38-21-18-28)37(32-12-4-2-10-30(32)31-11-3-5-13-33(31)37)19-7-8-22-41-23-25-42(26-24-41)35-16-15-29-9-1-6-14-34(29)40-35/h1-6,9-18,20-21H,7-8,19,22-27H2,(H,39,43). The van der Waals surface area contributed by atoms with E-state index in [0.29, 0.717) is 6.54 Å². The number of hydrogen-bond acceptors (Lipinski definition) is 5. The van der Waals surface area contributed by atoms with Gasteiger partial charge in [0.15, 0.2) is 0 Å². The molecule has 6 nitrogen and oxygen atoms in total. The summed E-state index contributed by atoms with van der Waals surface area (Å²) in [5.74, 6) is 1.15. The summed E-state index contributed by atoms with van der Waals surface area (Å²) in [6.07, 6.45) is 6.35. The van der Waals surface area contributed by atoms with Gasteiger partial charge in [0.2, 0.25) is 5.91 Å².